The first-order valence-corrected chi connectivity index (χ1v) is 6.71. The number of hydrogen-bond acceptors (Lipinski definition) is 3. The normalized spacial score (nSPS) is 10.5. The Morgan fingerprint density at radius 1 is 1.21 bits per heavy atom. The van der Waals surface area contributed by atoms with E-state index >= 15 is 0 Å². The van der Waals surface area contributed by atoms with Crippen LogP contribution in [-0.4, -0.2) is 9.38 Å². The summed E-state index contributed by atoms with van der Waals surface area (Å²) in [5.41, 5.74) is 3.95. The molecule has 0 aliphatic rings. The molecular formula is C15H11N3S. The fourth-order valence-electron chi connectivity index (χ4n) is 2.09. The van der Waals surface area contributed by atoms with Gasteiger partial charge in [0.05, 0.1) is 0 Å². The summed E-state index contributed by atoms with van der Waals surface area (Å²) in [7, 11) is 0. The fraction of sp³-hybridized carbons (Fsp3) is 0.0667. The average Bonchev–Trinajstić information content (AvgIpc) is 2.79. The molecule has 0 radical (unpaired) electrons. The molecule has 92 valence electrons. The molecule has 1 aromatic carbocycles. The molecule has 0 N–H and O–H groups in total. The second kappa shape index (κ2) is 4.79. The van der Waals surface area contributed by atoms with Crippen LogP contribution < -0.4 is 0 Å². The number of aryl methyl sites for hydroxylation is 1. The molecule has 19 heavy (non-hydrogen) atoms. The van der Waals surface area contributed by atoms with Crippen LogP contribution in [0.25, 0.3) is 16.9 Å². The summed E-state index contributed by atoms with van der Waals surface area (Å²) in [5, 5.41) is 12.0. The highest BCUT2D eigenvalue weighted by atomic mass is 32.2. The Bertz CT molecular complexity index is 783. The van der Waals surface area contributed by atoms with Crippen molar-refractivity contribution in [1.82, 2.24) is 9.38 Å². The number of fused-ring (bicyclic) bond motifs is 1. The summed E-state index contributed by atoms with van der Waals surface area (Å²) in [6.45, 7) is 2.05. The lowest BCUT2D eigenvalue weighted by Crippen LogP contribution is -1.85. The molecule has 0 bridgehead atoms. The fourth-order valence-corrected chi connectivity index (χ4v) is 2.69. The molecule has 0 saturated carbocycles. The van der Waals surface area contributed by atoms with Crippen LogP contribution in [0.2, 0.25) is 0 Å². The minimum absolute atomic E-state index is 0.858. The Morgan fingerprint density at radius 3 is 2.89 bits per heavy atom. The van der Waals surface area contributed by atoms with E-state index in [4.69, 9.17) is 5.26 Å². The lowest BCUT2D eigenvalue weighted by molar-refractivity contribution is 1.06. The monoisotopic (exact) mass is 265 g/mol. The van der Waals surface area contributed by atoms with Crippen molar-refractivity contribution in [2.24, 2.45) is 0 Å². The molecule has 4 heteroatoms. The van der Waals surface area contributed by atoms with Gasteiger partial charge in [-0.25, -0.2) is 4.98 Å². The highest BCUT2D eigenvalue weighted by Gasteiger charge is 2.14. The van der Waals surface area contributed by atoms with Crippen LogP contribution in [0.3, 0.4) is 0 Å². The largest absolute Gasteiger partial charge is 0.293 e. The maximum Gasteiger partial charge on any atom is 0.140 e. The third-order valence-corrected chi connectivity index (χ3v) is 3.59. The molecule has 0 spiro atoms. The summed E-state index contributed by atoms with van der Waals surface area (Å²) >= 11 is 1.14. The third-order valence-electron chi connectivity index (χ3n) is 2.92. The van der Waals surface area contributed by atoms with Gasteiger partial charge >= 0.3 is 0 Å². The number of hydrogen-bond donors (Lipinski definition) is 0. The first-order chi connectivity index (χ1) is 9.29. The Morgan fingerprint density at radius 2 is 2.11 bits per heavy atom. The number of nitrogens with zero attached hydrogens (tertiary/aromatic N) is 3. The second-order valence-electron chi connectivity index (χ2n) is 4.26. The summed E-state index contributed by atoms with van der Waals surface area (Å²) in [6, 6.07) is 14.0. The minimum atomic E-state index is 0.858. The number of rotatable bonds is 2. The van der Waals surface area contributed by atoms with E-state index in [0.717, 1.165) is 33.7 Å². The molecule has 3 aromatic rings. The van der Waals surface area contributed by atoms with E-state index in [9.17, 15) is 0 Å². The molecule has 0 aliphatic carbocycles. The van der Waals surface area contributed by atoms with Gasteiger partial charge in [0.25, 0.3) is 0 Å². The summed E-state index contributed by atoms with van der Waals surface area (Å²) < 4.78 is 1.95. The zero-order valence-electron chi connectivity index (χ0n) is 10.4. The Hall–Kier alpha value is -2.25. The number of pyridine rings is 1. The van der Waals surface area contributed by atoms with E-state index < -0.39 is 0 Å². The van der Waals surface area contributed by atoms with Crippen LogP contribution >= 0.6 is 11.8 Å². The molecule has 3 rings (SSSR count). The van der Waals surface area contributed by atoms with Gasteiger partial charge in [-0.2, -0.15) is 5.26 Å². The average molecular weight is 265 g/mol. The van der Waals surface area contributed by atoms with Crippen molar-refractivity contribution < 1.29 is 0 Å². The van der Waals surface area contributed by atoms with Crippen molar-refractivity contribution in [3.05, 3.63) is 54.2 Å². The van der Waals surface area contributed by atoms with Crippen molar-refractivity contribution in [2.75, 3.05) is 0 Å². The van der Waals surface area contributed by atoms with Gasteiger partial charge in [0, 0.05) is 23.5 Å². The molecule has 3 nitrogen and oxygen atoms in total. The molecule has 0 fully saturated rings. The lowest BCUT2D eigenvalue weighted by Gasteiger charge is -2.01. The molecule has 0 amide bonds. The number of thiocyanates is 1. The van der Waals surface area contributed by atoms with Gasteiger partial charge in [-0.05, 0) is 25.1 Å². The van der Waals surface area contributed by atoms with Gasteiger partial charge in [0.2, 0.25) is 0 Å². The first-order valence-electron chi connectivity index (χ1n) is 5.89. The lowest BCUT2D eigenvalue weighted by atomic mass is 10.1. The molecular weight excluding hydrogens is 254 g/mol. The predicted octanol–water partition coefficient (Wildman–Crippen LogP) is 3.88. The zero-order valence-corrected chi connectivity index (χ0v) is 11.2. The minimum Gasteiger partial charge on any atom is -0.293 e. The van der Waals surface area contributed by atoms with E-state index in [2.05, 4.69) is 29.4 Å². The predicted molar refractivity (Wildman–Crippen MR) is 76.8 cm³/mol. The summed E-state index contributed by atoms with van der Waals surface area (Å²) in [6.07, 6.45) is 1.93. The van der Waals surface area contributed by atoms with Gasteiger partial charge in [-0.15, -0.1) is 0 Å². The van der Waals surface area contributed by atoms with Crippen LogP contribution in [0.4, 0.5) is 0 Å². The molecule has 0 atom stereocenters. The topological polar surface area (TPSA) is 41.1 Å². The maximum absolute atomic E-state index is 9.00. The zero-order chi connectivity index (χ0) is 13.2. The van der Waals surface area contributed by atoms with Crippen molar-refractivity contribution in [3.8, 4) is 16.7 Å². The SMILES string of the molecule is Cc1cccc(-c2nc3ccccn3c2SC#N)c1. The van der Waals surface area contributed by atoms with Crippen molar-refractivity contribution in [2.45, 2.75) is 11.9 Å². The van der Waals surface area contributed by atoms with Crippen molar-refractivity contribution in [1.29, 1.82) is 5.26 Å². The molecule has 0 unspecified atom stereocenters. The number of benzene rings is 1. The number of aromatic nitrogens is 2. The van der Waals surface area contributed by atoms with E-state index in [1.165, 1.54) is 5.56 Å². The van der Waals surface area contributed by atoms with Crippen LogP contribution in [0, 0.1) is 17.6 Å². The van der Waals surface area contributed by atoms with E-state index in [-0.39, 0.29) is 0 Å². The third kappa shape index (κ3) is 2.09. The van der Waals surface area contributed by atoms with Crippen molar-refractivity contribution in [3.63, 3.8) is 0 Å². The Balaban J connectivity index is 2.28. The van der Waals surface area contributed by atoms with Gasteiger partial charge in [-0.1, -0.05) is 29.8 Å². The molecule has 0 aliphatic heterocycles. The summed E-state index contributed by atoms with van der Waals surface area (Å²) in [4.78, 5) is 4.63. The van der Waals surface area contributed by atoms with Gasteiger partial charge < -0.3 is 0 Å². The quantitative estimate of drug-likeness (QED) is 0.521. The first kappa shape index (κ1) is 11.8. The maximum atomic E-state index is 9.00. The van der Waals surface area contributed by atoms with E-state index in [0.29, 0.717) is 0 Å². The van der Waals surface area contributed by atoms with E-state index in [1.54, 1.807) is 0 Å². The van der Waals surface area contributed by atoms with Crippen LogP contribution in [0.1, 0.15) is 5.56 Å². The van der Waals surface area contributed by atoms with Crippen molar-refractivity contribution >= 4 is 17.4 Å². The van der Waals surface area contributed by atoms with Gasteiger partial charge in [-0.3, -0.25) is 4.40 Å². The van der Waals surface area contributed by atoms with Gasteiger partial charge in [0.1, 0.15) is 21.8 Å². The summed E-state index contributed by atoms with van der Waals surface area (Å²) in [5.74, 6) is 0. The standard InChI is InChI=1S/C15H11N3S/c1-11-5-4-6-12(9-11)14-15(19-10-16)18-8-3-2-7-13(18)17-14/h2-9H,1H3. The molecule has 2 heterocycles. The smallest absolute Gasteiger partial charge is 0.140 e. The highest BCUT2D eigenvalue weighted by Crippen LogP contribution is 2.31. The number of thioether (sulfide) groups is 1. The number of nitriles is 1. The van der Waals surface area contributed by atoms with Crippen LogP contribution in [0.15, 0.2) is 53.7 Å². The van der Waals surface area contributed by atoms with Crippen LogP contribution in [0.5, 0.6) is 0 Å². The second-order valence-corrected chi connectivity index (χ2v) is 5.03. The Labute approximate surface area is 115 Å². The van der Waals surface area contributed by atoms with E-state index in [1.807, 2.05) is 40.9 Å². The van der Waals surface area contributed by atoms with Crippen LogP contribution in [-0.2, 0) is 0 Å². The Kier molecular flexibility index (Phi) is 2.98. The molecule has 0 saturated heterocycles. The highest BCUT2D eigenvalue weighted by molar-refractivity contribution is 8.03. The molecule has 2 aromatic heterocycles. The number of imidazole rings is 1. The van der Waals surface area contributed by atoms with Gasteiger partial charge in [0.15, 0.2) is 0 Å².